The number of aromatic amines is 1. The second-order valence-corrected chi connectivity index (χ2v) is 3.65. The molecule has 0 bridgehead atoms. The number of methoxy groups -OCH3 is 1. The number of nitrogens with zero attached hydrogens (tertiary/aromatic N) is 1. The van der Waals surface area contributed by atoms with Crippen molar-refractivity contribution in [1.29, 1.82) is 0 Å². The molecule has 0 amide bonds. The van der Waals surface area contributed by atoms with Crippen LogP contribution in [0.3, 0.4) is 0 Å². The molecule has 1 aromatic carbocycles. The molecule has 0 saturated heterocycles. The first-order valence-corrected chi connectivity index (χ1v) is 5.08. The Morgan fingerprint density at radius 1 is 1.29 bits per heavy atom. The molecule has 0 aliphatic carbocycles. The predicted molar refractivity (Wildman–Crippen MR) is 63.1 cm³/mol. The van der Waals surface area contributed by atoms with Gasteiger partial charge in [0.05, 0.1) is 12.8 Å². The molecule has 1 aromatic heterocycles. The standard InChI is InChI=1S/C12H12N2O3/c1-8-3-5-9(6-4-8)14-12(16)10(7-15)11(13-14)17-2/h3-7,13H,1-2H3. The quantitative estimate of drug-likeness (QED) is 0.811. The van der Waals surface area contributed by atoms with Crippen molar-refractivity contribution in [1.82, 2.24) is 9.78 Å². The minimum atomic E-state index is -0.416. The summed E-state index contributed by atoms with van der Waals surface area (Å²) in [6, 6.07) is 7.36. The Morgan fingerprint density at radius 3 is 2.41 bits per heavy atom. The number of benzene rings is 1. The van der Waals surface area contributed by atoms with E-state index >= 15 is 0 Å². The van der Waals surface area contributed by atoms with Gasteiger partial charge >= 0.3 is 0 Å². The maximum atomic E-state index is 11.9. The lowest BCUT2D eigenvalue weighted by molar-refractivity contribution is 0.111. The van der Waals surface area contributed by atoms with E-state index < -0.39 is 5.56 Å². The Hall–Kier alpha value is -2.30. The fraction of sp³-hybridized carbons (Fsp3) is 0.167. The first-order chi connectivity index (χ1) is 8.17. The molecule has 5 heteroatoms. The summed E-state index contributed by atoms with van der Waals surface area (Å²) in [4.78, 5) is 22.7. The zero-order valence-electron chi connectivity index (χ0n) is 9.56. The molecule has 2 rings (SSSR count). The van der Waals surface area contributed by atoms with Crippen LogP contribution in [0.15, 0.2) is 29.1 Å². The molecule has 0 atom stereocenters. The third-order valence-electron chi connectivity index (χ3n) is 2.51. The van der Waals surface area contributed by atoms with Crippen LogP contribution < -0.4 is 10.3 Å². The summed E-state index contributed by atoms with van der Waals surface area (Å²) >= 11 is 0. The van der Waals surface area contributed by atoms with Crippen LogP contribution in [0.5, 0.6) is 5.88 Å². The number of hydrogen-bond acceptors (Lipinski definition) is 3. The molecule has 0 radical (unpaired) electrons. The topological polar surface area (TPSA) is 64.1 Å². The number of ether oxygens (including phenoxy) is 1. The molecule has 0 fully saturated rings. The van der Waals surface area contributed by atoms with Crippen LogP contribution in [-0.4, -0.2) is 23.2 Å². The van der Waals surface area contributed by atoms with Crippen LogP contribution in [0.2, 0.25) is 0 Å². The van der Waals surface area contributed by atoms with Crippen molar-refractivity contribution >= 4 is 6.29 Å². The van der Waals surface area contributed by atoms with E-state index in [2.05, 4.69) is 5.10 Å². The van der Waals surface area contributed by atoms with E-state index in [0.717, 1.165) is 5.56 Å². The Balaban J connectivity index is 2.60. The highest BCUT2D eigenvalue weighted by molar-refractivity contribution is 5.77. The van der Waals surface area contributed by atoms with Gasteiger partial charge in [-0.1, -0.05) is 17.7 Å². The summed E-state index contributed by atoms with van der Waals surface area (Å²) in [7, 11) is 1.40. The fourth-order valence-electron chi connectivity index (χ4n) is 1.57. The second-order valence-electron chi connectivity index (χ2n) is 3.65. The molecule has 0 spiro atoms. The number of nitrogens with one attached hydrogen (secondary N) is 1. The molecule has 0 unspecified atom stereocenters. The van der Waals surface area contributed by atoms with E-state index in [0.29, 0.717) is 12.0 Å². The highest BCUT2D eigenvalue weighted by atomic mass is 16.5. The van der Waals surface area contributed by atoms with Crippen LogP contribution >= 0.6 is 0 Å². The van der Waals surface area contributed by atoms with Gasteiger partial charge in [-0.3, -0.25) is 14.7 Å². The highest BCUT2D eigenvalue weighted by Gasteiger charge is 2.14. The number of aryl methyl sites for hydroxylation is 1. The average Bonchev–Trinajstić information content (AvgIpc) is 2.66. The van der Waals surface area contributed by atoms with Crippen LogP contribution in [0.1, 0.15) is 15.9 Å². The van der Waals surface area contributed by atoms with Crippen molar-refractivity contribution in [2.24, 2.45) is 0 Å². The summed E-state index contributed by atoms with van der Waals surface area (Å²) in [5.41, 5.74) is 1.33. The Bertz CT molecular complexity index is 593. The Kier molecular flexibility index (Phi) is 2.82. The molecule has 0 aliphatic heterocycles. The summed E-state index contributed by atoms with van der Waals surface area (Å²) in [6.07, 6.45) is 0.488. The molecular weight excluding hydrogens is 220 g/mol. The second kappa shape index (κ2) is 4.29. The summed E-state index contributed by atoms with van der Waals surface area (Å²) in [5, 5.41) is 2.74. The van der Waals surface area contributed by atoms with Crippen molar-refractivity contribution in [2.45, 2.75) is 6.92 Å². The molecule has 1 heterocycles. The molecule has 5 nitrogen and oxygen atoms in total. The summed E-state index contributed by atoms with van der Waals surface area (Å²) in [6.45, 7) is 1.96. The summed E-state index contributed by atoms with van der Waals surface area (Å²) < 4.78 is 6.22. The maximum Gasteiger partial charge on any atom is 0.285 e. The maximum absolute atomic E-state index is 11.9. The van der Waals surface area contributed by atoms with Gasteiger partial charge in [-0.25, -0.2) is 4.68 Å². The number of hydrogen-bond donors (Lipinski definition) is 1. The van der Waals surface area contributed by atoms with Gasteiger partial charge in [-0.05, 0) is 19.1 Å². The third kappa shape index (κ3) is 1.87. The Morgan fingerprint density at radius 2 is 1.94 bits per heavy atom. The van der Waals surface area contributed by atoms with E-state index in [1.54, 1.807) is 12.1 Å². The average molecular weight is 232 g/mol. The van der Waals surface area contributed by atoms with Gasteiger partial charge in [0.15, 0.2) is 6.29 Å². The van der Waals surface area contributed by atoms with Crippen molar-refractivity contribution in [2.75, 3.05) is 7.11 Å². The number of aldehydes is 1. The molecule has 17 heavy (non-hydrogen) atoms. The highest BCUT2D eigenvalue weighted by Crippen LogP contribution is 2.12. The third-order valence-corrected chi connectivity index (χ3v) is 2.51. The van der Waals surface area contributed by atoms with Gasteiger partial charge in [0.2, 0.25) is 5.88 Å². The zero-order valence-corrected chi connectivity index (χ0v) is 9.56. The van der Waals surface area contributed by atoms with Gasteiger partial charge in [0.25, 0.3) is 5.56 Å². The monoisotopic (exact) mass is 232 g/mol. The van der Waals surface area contributed by atoms with E-state index in [9.17, 15) is 9.59 Å². The van der Waals surface area contributed by atoms with Crippen LogP contribution in [0.4, 0.5) is 0 Å². The van der Waals surface area contributed by atoms with Gasteiger partial charge in [-0.2, -0.15) is 0 Å². The lowest BCUT2D eigenvalue weighted by Crippen LogP contribution is -2.16. The van der Waals surface area contributed by atoms with Crippen molar-refractivity contribution in [3.05, 3.63) is 45.7 Å². The van der Waals surface area contributed by atoms with Gasteiger partial charge in [0.1, 0.15) is 5.56 Å². The SMILES string of the molecule is COc1[nH]n(-c2ccc(C)cc2)c(=O)c1C=O. The summed E-state index contributed by atoms with van der Waals surface area (Å²) in [5.74, 6) is 0.172. The minimum absolute atomic E-state index is 0.00641. The number of aromatic nitrogens is 2. The smallest absolute Gasteiger partial charge is 0.285 e. The first-order valence-electron chi connectivity index (χ1n) is 5.08. The normalized spacial score (nSPS) is 10.2. The zero-order chi connectivity index (χ0) is 12.4. The predicted octanol–water partition coefficient (Wildman–Crippen LogP) is 1.30. The number of carbonyl (C=O) groups excluding carboxylic acids is 1. The lowest BCUT2D eigenvalue weighted by atomic mass is 10.2. The van der Waals surface area contributed by atoms with Crippen molar-refractivity contribution in [3.8, 4) is 11.6 Å². The van der Waals surface area contributed by atoms with Gasteiger partial charge in [0, 0.05) is 0 Å². The van der Waals surface area contributed by atoms with Crippen LogP contribution in [-0.2, 0) is 0 Å². The van der Waals surface area contributed by atoms with E-state index in [1.165, 1.54) is 11.8 Å². The molecule has 2 aromatic rings. The number of carbonyl (C=O) groups is 1. The van der Waals surface area contributed by atoms with Crippen LogP contribution in [0, 0.1) is 6.92 Å². The fourth-order valence-corrected chi connectivity index (χ4v) is 1.57. The molecule has 1 N–H and O–H groups in total. The molecule has 88 valence electrons. The molecule has 0 aliphatic rings. The number of rotatable bonds is 3. The lowest BCUT2D eigenvalue weighted by Gasteiger charge is -2.01. The van der Waals surface area contributed by atoms with Gasteiger partial charge in [-0.15, -0.1) is 0 Å². The van der Waals surface area contributed by atoms with Crippen molar-refractivity contribution in [3.63, 3.8) is 0 Å². The van der Waals surface area contributed by atoms with Crippen LogP contribution in [0.25, 0.3) is 5.69 Å². The molecule has 0 saturated carbocycles. The van der Waals surface area contributed by atoms with E-state index in [-0.39, 0.29) is 11.4 Å². The Labute approximate surface area is 97.6 Å². The van der Waals surface area contributed by atoms with Gasteiger partial charge < -0.3 is 4.74 Å². The largest absolute Gasteiger partial charge is 0.481 e. The minimum Gasteiger partial charge on any atom is -0.481 e. The van der Waals surface area contributed by atoms with Crippen molar-refractivity contribution < 1.29 is 9.53 Å². The van der Waals surface area contributed by atoms with E-state index in [1.807, 2.05) is 19.1 Å². The van der Waals surface area contributed by atoms with E-state index in [4.69, 9.17) is 4.74 Å². The number of H-pyrrole nitrogens is 1. The molecular formula is C12H12N2O3. The first kappa shape index (κ1) is 11.2.